The maximum atomic E-state index is 5.40. The van der Waals surface area contributed by atoms with Crippen molar-refractivity contribution in [2.75, 3.05) is 28.4 Å². The van der Waals surface area contributed by atoms with Crippen molar-refractivity contribution in [3.05, 3.63) is 36.4 Å². The Kier molecular flexibility index (Phi) is 3.67. The van der Waals surface area contributed by atoms with Crippen LogP contribution < -0.4 is 18.9 Å². The molecule has 3 aromatic rings. The molecule has 0 saturated heterocycles. The maximum absolute atomic E-state index is 5.40. The third kappa shape index (κ3) is 2.17. The first kappa shape index (κ1) is 14.3. The molecule has 0 heterocycles. The average Bonchev–Trinajstić information content (AvgIpc) is 2.58. The van der Waals surface area contributed by atoms with Gasteiger partial charge in [0.25, 0.3) is 0 Å². The van der Waals surface area contributed by atoms with E-state index in [1.54, 1.807) is 28.4 Å². The van der Waals surface area contributed by atoms with E-state index >= 15 is 0 Å². The molecule has 1 radical (unpaired) electrons. The molecule has 0 unspecified atom stereocenters. The molecule has 0 N–H and O–H groups in total. The molecule has 0 spiro atoms. The molecule has 22 heavy (non-hydrogen) atoms. The molecule has 3 rings (SSSR count). The van der Waals surface area contributed by atoms with Gasteiger partial charge < -0.3 is 18.9 Å². The summed E-state index contributed by atoms with van der Waals surface area (Å²) >= 11 is 0. The van der Waals surface area contributed by atoms with Crippen LogP contribution in [0, 0.1) is 6.07 Å². The Hall–Kier alpha value is -2.62. The molecule has 0 aromatic heterocycles. The van der Waals surface area contributed by atoms with Crippen molar-refractivity contribution in [2.45, 2.75) is 0 Å². The van der Waals surface area contributed by atoms with E-state index in [0.717, 1.165) is 21.5 Å². The zero-order valence-corrected chi connectivity index (χ0v) is 13.0. The number of benzene rings is 3. The predicted octanol–water partition coefficient (Wildman–Crippen LogP) is 3.83. The van der Waals surface area contributed by atoms with Crippen molar-refractivity contribution in [2.24, 2.45) is 0 Å². The lowest BCUT2D eigenvalue weighted by Gasteiger charge is -2.13. The molecule has 113 valence electrons. The minimum Gasteiger partial charge on any atom is -0.493 e. The third-order valence-corrected chi connectivity index (χ3v) is 3.75. The van der Waals surface area contributed by atoms with E-state index in [2.05, 4.69) is 6.07 Å². The predicted molar refractivity (Wildman–Crippen MR) is 86.5 cm³/mol. The van der Waals surface area contributed by atoms with Crippen LogP contribution in [0.5, 0.6) is 23.0 Å². The number of rotatable bonds is 4. The number of methoxy groups -OCH3 is 4. The number of ether oxygens (including phenoxy) is 4. The van der Waals surface area contributed by atoms with Crippen LogP contribution >= 0.6 is 0 Å². The van der Waals surface area contributed by atoms with Gasteiger partial charge in [-0.25, -0.2) is 0 Å². The van der Waals surface area contributed by atoms with Crippen LogP contribution in [0.15, 0.2) is 30.3 Å². The van der Waals surface area contributed by atoms with Gasteiger partial charge in [0.15, 0.2) is 23.0 Å². The highest BCUT2D eigenvalue weighted by atomic mass is 16.5. The summed E-state index contributed by atoms with van der Waals surface area (Å²) in [6.07, 6.45) is 0. The van der Waals surface area contributed by atoms with E-state index in [9.17, 15) is 0 Å². The second kappa shape index (κ2) is 5.64. The van der Waals surface area contributed by atoms with E-state index in [-0.39, 0.29) is 0 Å². The summed E-state index contributed by atoms with van der Waals surface area (Å²) in [5.74, 6) is 2.76. The monoisotopic (exact) mass is 297 g/mol. The molecule has 4 nitrogen and oxygen atoms in total. The fourth-order valence-corrected chi connectivity index (χ4v) is 2.62. The van der Waals surface area contributed by atoms with Crippen molar-refractivity contribution in [1.29, 1.82) is 0 Å². The largest absolute Gasteiger partial charge is 0.493 e. The van der Waals surface area contributed by atoms with Crippen LogP contribution in [-0.4, -0.2) is 28.4 Å². The van der Waals surface area contributed by atoms with Gasteiger partial charge in [-0.3, -0.25) is 0 Å². The number of fused-ring (bicyclic) bond motifs is 3. The number of hydrogen-bond acceptors (Lipinski definition) is 4. The van der Waals surface area contributed by atoms with Crippen LogP contribution in [0.4, 0.5) is 0 Å². The summed E-state index contributed by atoms with van der Waals surface area (Å²) in [6, 6.07) is 13.0. The minimum absolute atomic E-state index is 0.686. The molecule has 0 amide bonds. The summed E-state index contributed by atoms with van der Waals surface area (Å²) in [5.41, 5.74) is 0. The Labute approximate surface area is 129 Å². The smallest absolute Gasteiger partial charge is 0.161 e. The zero-order chi connectivity index (χ0) is 15.7. The van der Waals surface area contributed by atoms with Crippen LogP contribution in [0.25, 0.3) is 21.5 Å². The summed E-state index contributed by atoms with van der Waals surface area (Å²) in [7, 11) is 6.51. The van der Waals surface area contributed by atoms with Gasteiger partial charge in [-0.1, -0.05) is 0 Å². The molecule has 0 fully saturated rings. The summed E-state index contributed by atoms with van der Waals surface area (Å²) in [6.45, 7) is 0. The van der Waals surface area contributed by atoms with Crippen LogP contribution in [0.1, 0.15) is 0 Å². The van der Waals surface area contributed by atoms with E-state index in [4.69, 9.17) is 18.9 Å². The van der Waals surface area contributed by atoms with Crippen LogP contribution in [0.2, 0.25) is 0 Å². The van der Waals surface area contributed by atoms with Crippen molar-refractivity contribution in [1.82, 2.24) is 0 Å². The number of hydrogen-bond donors (Lipinski definition) is 0. The quantitative estimate of drug-likeness (QED) is 0.686. The molecule has 4 heteroatoms. The van der Waals surface area contributed by atoms with Gasteiger partial charge in [0.2, 0.25) is 0 Å². The molecule has 0 aliphatic rings. The molecule has 3 aromatic carbocycles. The summed E-state index contributed by atoms with van der Waals surface area (Å²) in [4.78, 5) is 0. The summed E-state index contributed by atoms with van der Waals surface area (Å²) in [5, 5.41) is 4.05. The molecular weight excluding hydrogens is 280 g/mol. The van der Waals surface area contributed by atoms with Gasteiger partial charge in [0.05, 0.1) is 28.4 Å². The molecule has 0 bridgehead atoms. The van der Waals surface area contributed by atoms with Crippen molar-refractivity contribution in [3.8, 4) is 23.0 Å². The van der Waals surface area contributed by atoms with Gasteiger partial charge in [-0.05, 0) is 57.9 Å². The Morgan fingerprint density at radius 3 is 1.73 bits per heavy atom. The highest BCUT2D eigenvalue weighted by Gasteiger charge is 2.12. The standard InChI is InChI=1S/C18H17O4/c1-19-15-7-11-5-6-12-8-16(20-2)18(22-4)10-14(12)13(11)9-17(15)21-3/h5,7-10H,1-4H3. The fourth-order valence-electron chi connectivity index (χ4n) is 2.62. The lowest BCUT2D eigenvalue weighted by molar-refractivity contribution is 0.355. The second-order valence-electron chi connectivity index (χ2n) is 4.84. The molecule has 0 aliphatic heterocycles. The summed E-state index contributed by atoms with van der Waals surface area (Å²) < 4.78 is 21.5. The lowest BCUT2D eigenvalue weighted by Crippen LogP contribution is -1.93. The van der Waals surface area contributed by atoms with Crippen molar-refractivity contribution in [3.63, 3.8) is 0 Å². The van der Waals surface area contributed by atoms with Crippen LogP contribution in [0.3, 0.4) is 0 Å². The topological polar surface area (TPSA) is 36.9 Å². The van der Waals surface area contributed by atoms with Gasteiger partial charge in [0, 0.05) is 0 Å². The van der Waals surface area contributed by atoms with Crippen molar-refractivity contribution < 1.29 is 18.9 Å². The molecule has 0 atom stereocenters. The molecule has 0 aliphatic carbocycles. The van der Waals surface area contributed by atoms with Gasteiger partial charge in [-0.15, -0.1) is 0 Å². The fraction of sp³-hybridized carbons (Fsp3) is 0.222. The van der Waals surface area contributed by atoms with Gasteiger partial charge >= 0.3 is 0 Å². The first-order valence-corrected chi connectivity index (χ1v) is 6.84. The second-order valence-corrected chi connectivity index (χ2v) is 4.84. The minimum atomic E-state index is 0.686. The molecule has 0 saturated carbocycles. The van der Waals surface area contributed by atoms with Gasteiger partial charge in [-0.2, -0.15) is 0 Å². The maximum Gasteiger partial charge on any atom is 0.161 e. The Balaban J connectivity index is 2.38. The normalized spacial score (nSPS) is 10.7. The van der Waals surface area contributed by atoms with E-state index in [1.807, 2.05) is 30.3 Å². The SMILES string of the molecule is COc1cc2[c]cc3cc(OC)c(OC)cc3c2cc1OC. The first-order valence-electron chi connectivity index (χ1n) is 6.84. The Bertz CT molecular complexity index is 769. The van der Waals surface area contributed by atoms with Gasteiger partial charge in [0.1, 0.15) is 0 Å². The highest BCUT2D eigenvalue weighted by molar-refractivity contribution is 6.09. The average molecular weight is 297 g/mol. The zero-order valence-electron chi connectivity index (χ0n) is 13.0. The van der Waals surface area contributed by atoms with E-state index in [0.29, 0.717) is 23.0 Å². The van der Waals surface area contributed by atoms with Crippen molar-refractivity contribution >= 4 is 21.5 Å². The first-order chi connectivity index (χ1) is 10.7. The lowest BCUT2D eigenvalue weighted by atomic mass is 10.0. The Morgan fingerprint density at radius 2 is 1.14 bits per heavy atom. The van der Waals surface area contributed by atoms with E-state index in [1.165, 1.54) is 0 Å². The third-order valence-electron chi connectivity index (χ3n) is 3.75. The molecular formula is C18H17O4. The Morgan fingerprint density at radius 1 is 0.636 bits per heavy atom. The van der Waals surface area contributed by atoms with E-state index < -0.39 is 0 Å². The van der Waals surface area contributed by atoms with Crippen LogP contribution in [-0.2, 0) is 0 Å². The highest BCUT2D eigenvalue weighted by Crippen LogP contribution is 2.39.